The van der Waals surface area contributed by atoms with Gasteiger partial charge in [-0.05, 0) is 30.3 Å². The maximum absolute atomic E-state index is 5.89. The lowest BCUT2D eigenvalue weighted by Crippen LogP contribution is -2.36. The largest absolute Gasteiger partial charge is 0.371 e. The van der Waals surface area contributed by atoms with E-state index in [1.54, 1.807) is 0 Å². The van der Waals surface area contributed by atoms with Gasteiger partial charge in [0.05, 0.1) is 62.2 Å². The highest BCUT2D eigenvalue weighted by molar-refractivity contribution is 8.07. The highest BCUT2D eigenvalue weighted by Crippen LogP contribution is 2.39. The normalized spacial score (nSPS) is 26.7. The molecule has 4 atom stereocenters. The molecule has 176 valence electrons. The first kappa shape index (κ1) is 22.0. The van der Waals surface area contributed by atoms with Crippen LogP contribution < -0.4 is 9.80 Å². The van der Waals surface area contributed by atoms with E-state index in [0.29, 0.717) is 24.4 Å². The van der Waals surface area contributed by atoms with Crippen LogP contribution in [0, 0.1) is 0 Å². The van der Waals surface area contributed by atoms with Crippen molar-refractivity contribution in [3.05, 3.63) is 48.5 Å². The Morgan fingerprint density at radius 3 is 1.64 bits per heavy atom. The fraction of sp³-hybridized carbons (Fsp3) is 0.500. The molecular formula is C24H28N2O5S2. The van der Waals surface area contributed by atoms with Crippen molar-refractivity contribution in [1.29, 1.82) is 0 Å². The standard InChI is InChI=1S/C24H28N2O5S2/c1-2-4-21(5-3-1)32-31-33-22-6-7-23(25(9-17-13-27-17)10-18-14-28-18)24(8-22)26(11-19-15-29-19)12-20-16-30-20/h1-8,17-20H,9-16H2. The second kappa shape index (κ2) is 10.0. The Hall–Kier alpha value is -1.46. The minimum atomic E-state index is 0.296. The van der Waals surface area contributed by atoms with E-state index in [4.69, 9.17) is 22.6 Å². The van der Waals surface area contributed by atoms with Gasteiger partial charge in [0.2, 0.25) is 0 Å². The molecule has 0 saturated carbocycles. The van der Waals surface area contributed by atoms with E-state index < -0.39 is 0 Å². The van der Waals surface area contributed by atoms with Crippen LogP contribution in [0.5, 0.6) is 0 Å². The maximum Gasteiger partial charge on any atom is 0.0984 e. The molecule has 0 radical (unpaired) electrons. The number of nitrogens with zero attached hydrogens (tertiary/aromatic N) is 2. The molecule has 2 aromatic carbocycles. The van der Waals surface area contributed by atoms with Gasteiger partial charge in [0, 0.05) is 60.1 Å². The number of rotatable bonds is 14. The van der Waals surface area contributed by atoms with E-state index >= 15 is 0 Å². The van der Waals surface area contributed by atoms with Crippen molar-refractivity contribution in [2.75, 3.05) is 62.4 Å². The first-order chi connectivity index (χ1) is 16.3. The fourth-order valence-corrected chi connectivity index (χ4v) is 5.18. The van der Waals surface area contributed by atoms with E-state index in [0.717, 1.165) is 62.4 Å². The molecule has 4 saturated heterocycles. The van der Waals surface area contributed by atoms with Gasteiger partial charge >= 0.3 is 0 Å². The molecule has 0 spiro atoms. The predicted octanol–water partition coefficient (Wildman–Crippen LogP) is 3.63. The summed E-state index contributed by atoms with van der Waals surface area (Å²) in [6, 6.07) is 16.7. The summed E-state index contributed by atoms with van der Waals surface area (Å²) in [7, 11) is 0. The van der Waals surface area contributed by atoms with Crippen molar-refractivity contribution in [2.24, 2.45) is 0 Å². The molecule has 7 nitrogen and oxygen atoms in total. The van der Waals surface area contributed by atoms with Crippen molar-refractivity contribution in [3.8, 4) is 0 Å². The van der Waals surface area contributed by atoms with E-state index in [9.17, 15) is 0 Å². The van der Waals surface area contributed by atoms with Crippen molar-refractivity contribution >= 4 is 35.5 Å². The summed E-state index contributed by atoms with van der Waals surface area (Å²) in [6.07, 6.45) is 1.21. The average molecular weight is 489 g/mol. The summed E-state index contributed by atoms with van der Waals surface area (Å²) in [4.78, 5) is 7.00. The van der Waals surface area contributed by atoms with Gasteiger partial charge in [-0.2, -0.15) is 0 Å². The van der Waals surface area contributed by atoms with Crippen LogP contribution in [0.2, 0.25) is 0 Å². The molecular weight excluding hydrogens is 460 g/mol. The molecule has 4 aliphatic rings. The lowest BCUT2D eigenvalue weighted by Gasteiger charge is -2.32. The Bertz CT molecular complexity index is 908. The Balaban J connectivity index is 1.24. The fourth-order valence-electron chi connectivity index (χ4n) is 3.87. The summed E-state index contributed by atoms with van der Waals surface area (Å²) < 4.78 is 28.2. The van der Waals surface area contributed by atoms with E-state index in [1.807, 2.05) is 30.3 Å². The molecule has 4 aliphatic heterocycles. The van der Waals surface area contributed by atoms with Gasteiger partial charge in [-0.1, -0.05) is 18.2 Å². The van der Waals surface area contributed by atoms with Crippen LogP contribution >= 0.6 is 24.1 Å². The molecule has 4 heterocycles. The SMILES string of the molecule is c1ccc(SOSc2ccc(N(CC3CO3)CC3CO3)c(N(CC3CO3)CC3CO3)c2)cc1. The van der Waals surface area contributed by atoms with Gasteiger partial charge < -0.3 is 28.7 Å². The lowest BCUT2D eigenvalue weighted by atomic mass is 10.1. The van der Waals surface area contributed by atoms with Gasteiger partial charge in [0.25, 0.3) is 0 Å². The number of anilines is 2. The molecule has 0 bridgehead atoms. The summed E-state index contributed by atoms with van der Waals surface area (Å²) in [5, 5.41) is 0. The molecule has 0 N–H and O–H groups in total. The van der Waals surface area contributed by atoms with Crippen LogP contribution in [0.4, 0.5) is 11.4 Å². The highest BCUT2D eigenvalue weighted by Gasteiger charge is 2.35. The van der Waals surface area contributed by atoms with Crippen molar-refractivity contribution < 1.29 is 22.6 Å². The van der Waals surface area contributed by atoms with Crippen LogP contribution in [-0.2, 0) is 22.6 Å². The first-order valence-electron chi connectivity index (χ1n) is 11.5. The van der Waals surface area contributed by atoms with Crippen LogP contribution in [0.3, 0.4) is 0 Å². The molecule has 9 heteroatoms. The summed E-state index contributed by atoms with van der Waals surface area (Å²) in [5.74, 6) is 0. The van der Waals surface area contributed by atoms with Crippen LogP contribution in [0.15, 0.2) is 58.3 Å². The molecule has 0 amide bonds. The van der Waals surface area contributed by atoms with Gasteiger partial charge in [-0.25, -0.2) is 3.63 Å². The average Bonchev–Trinajstić information content (AvgIpc) is 3.66. The quantitative estimate of drug-likeness (QED) is 0.293. The number of hydrogen-bond acceptors (Lipinski definition) is 9. The van der Waals surface area contributed by atoms with Crippen molar-refractivity contribution in [3.63, 3.8) is 0 Å². The zero-order valence-electron chi connectivity index (χ0n) is 18.3. The predicted molar refractivity (Wildman–Crippen MR) is 129 cm³/mol. The first-order valence-corrected chi connectivity index (χ1v) is 12.9. The molecule has 4 fully saturated rings. The zero-order valence-corrected chi connectivity index (χ0v) is 20.0. The lowest BCUT2D eigenvalue weighted by molar-refractivity contribution is 0.386. The van der Waals surface area contributed by atoms with Gasteiger partial charge in [-0.15, -0.1) is 0 Å². The molecule has 0 aliphatic carbocycles. The van der Waals surface area contributed by atoms with E-state index in [2.05, 4.69) is 28.0 Å². The van der Waals surface area contributed by atoms with Crippen LogP contribution in [-0.4, -0.2) is 77.0 Å². The number of hydrogen-bond donors (Lipinski definition) is 0. The molecule has 4 unspecified atom stereocenters. The number of ether oxygens (including phenoxy) is 4. The second-order valence-electron chi connectivity index (χ2n) is 8.83. The Morgan fingerprint density at radius 1 is 0.636 bits per heavy atom. The van der Waals surface area contributed by atoms with E-state index in [-0.39, 0.29) is 0 Å². The molecule has 6 rings (SSSR count). The Labute approximate surface area is 203 Å². The molecule has 33 heavy (non-hydrogen) atoms. The minimum absolute atomic E-state index is 0.296. The van der Waals surface area contributed by atoms with Crippen molar-refractivity contribution in [1.82, 2.24) is 0 Å². The highest BCUT2D eigenvalue weighted by atomic mass is 32.2. The monoisotopic (exact) mass is 488 g/mol. The maximum atomic E-state index is 5.89. The van der Waals surface area contributed by atoms with Crippen LogP contribution in [0.25, 0.3) is 0 Å². The van der Waals surface area contributed by atoms with Gasteiger partial charge in [0.1, 0.15) is 0 Å². The molecule has 2 aromatic rings. The number of epoxide rings is 4. The van der Waals surface area contributed by atoms with Gasteiger partial charge in [0.15, 0.2) is 0 Å². The van der Waals surface area contributed by atoms with Crippen molar-refractivity contribution in [2.45, 2.75) is 34.2 Å². The second-order valence-corrected chi connectivity index (χ2v) is 10.7. The van der Waals surface area contributed by atoms with Crippen LogP contribution in [0.1, 0.15) is 0 Å². The third-order valence-electron chi connectivity index (χ3n) is 5.94. The Morgan fingerprint density at radius 2 is 1.12 bits per heavy atom. The zero-order chi connectivity index (χ0) is 22.0. The topological polar surface area (TPSA) is 65.8 Å². The number of benzene rings is 2. The third kappa shape index (κ3) is 6.57. The summed E-state index contributed by atoms with van der Waals surface area (Å²) in [5.41, 5.74) is 2.41. The third-order valence-corrected chi connectivity index (χ3v) is 7.39. The summed E-state index contributed by atoms with van der Waals surface area (Å²) >= 11 is 2.78. The van der Waals surface area contributed by atoms with E-state index in [1.165, 1.54) is 35.5 Å². The summed E-state index contributed by atoms with van der Waals surface area (Å²) in [6.45, 7) is 6.84. The molecule has 0 aromatic heterocycles. The minimum Gasteiger partial charge on any atom is -0.371 e. The Kier molecular flexibility index (Phi) is 6.70. The smallest absolute Gasteiger partial charge is 0.0984 e. The van der Waals surface area contributed by atoms with Gasteiger partial charge in [-0.3, -0.25) is 0 Å².